The number of likely N-dealkylation sites (N-methyl/N-ethyl adjacent to an activating group) is 1. The number of ether oxygens (including phenoxy) is 1. The highest BCUT2D eigenvalue weighted by atomic mass is 16.5. The van der Waals surface area contributed by atoms with E-state index >= 15 is 0 Å². The molecule has 0 spiro atoms. The van der Waals surface area contributed by atoms with Crippen LogP contribution >= 0.6 is 0 Å². The average Bonchev–Trinajstić information content (AvgIpc) is 3.40. The summed E-state index contributed by atoms with van der Waals surface area (Å²) in [5, 5.41) is 3.06. The lowest BCUT2D eigenvalue weighted by Gasteiger charge is -2.24. The number of amides is 1. The van der Waals surface area contributed by atoms with Crippen LogP contribution < -0.4 is 5.32 Å². The fourth-order valence-electron chi connectivity index (χ4n) is 3.19. The molecule has 126 valence electrons. The number of hydrogen-bond acceptors (Lipinski definition) is 4. The summed E-state index contributed by atoms with van der Waals surface area (Å²) in [6.45, 7) is 7.55. The van der Waals surface area contributed by atoms with E-state index < -0.39 is 0 Å². The molecule has 0 radical (unpaired) electrons. The molecule has 5 heteroatoms. The van der Waals surface area contributed by atoms with Gasteiger partial charge in [0.25, 0.3) is 0 Å². The van der Waals surface area contributed by atoms with Gasteiger partial charge in [-0.15, -0.1) is 0 Å². The zero-order chi connectivity index (χ0) is 16.1. The van der Waals surface area contributed by atoms with Gasteiger partial charge in [0, 0.05) is 32.2 Å². The second kappa shape index (κ2) is 7.79. The van der Waals surface area contributed by atoms with Gasteiger partial charge in [0.05, 0.1) is 6.04 Å². The van der Waals surface area contributed by atoms with Gasteiger partial charge in [-0.25, -0.2) is 4.79 Å². The molecule has 5 nitrogen and oxygen atoms in total. The smallest absolute Gasteiger partial charge is 0.407 e. The van der Waals surface area contributed by atoms with Crippen LogP contribution in [0.15, 0.2) is 30.3 Å². The summed E-state index contributed by atoms with van der Waals surface area (Å²) < 4.78 is 5.36. The van der Waals surface area contributed by atoms with Gasteiger partial charge in [-0.1, -0.05) is 37.3 Å². The van der Waals surface area contributed by atoms with E-state index in [1.165, 1.54) is 12.8 Å². The van der Waals surface area contributed by atoms with Gasteiger partial charge < -0.3 is 15.0 Å². The number of alkyl carbamates (subject to hydrolysis) is 1. The molecule has 1 aliphatic carbocycles. The highest BCUT2D eigenvalue weighted by Crippen LogP contribution is 2.27. The number of hydrogen-bond donors (Lipinski definition) is 1. The van der Waals surface area contributed by atoms with Gasteiger partial charge in [0.15, 0.2) is 0 Å². The third kappa shape index (κ3) is 4.94. The first-order valence-electron chi connectivity index (χ1n) is 8.68. The van der Waals surface area contributed by atoms with E-state index in [9.17, 15) is 4.79 Å². The highest BCUT2D eigenvalue weighted by Gasteiger charge is 2.33. The summed E-state index contributed by atoms with van der Waals surface area (Å²) in [6.07, 6.45) is 2.29. The normalized spacial score (nSPS) is 23.3. The fraction of sp³-hybridized carbons (Fsp3) is 0.611. The number of nitrogens with zero attached hydrogens (tertiary/aromatic N) is 2. The predicted octanol–water partition coefficient (Wildman–Crippen LogP) is 2.08. The monoisotopic (exact) mass is 317 g/mol. The Bertz CT molecular complexity index is 504. The lowest BCUT2D eigenvalue weighted by Crippen LogP contribution is -2.47. The van der Waals surface area contributed by atoms with Crippen LogP contribution in [0.5, 0.6) is 0 Å². The Balaban J connectivity index is 1.50. The molecule has 2 fully saturated rings. The van der Waals surface area contributed by atoms with Crippen LogP contribution in [0.1, 0.15) is 25.3 Å². The maximum atomic E-state index is 12.1. The maximum absolute atomic E-state index is 12.1. The first kappa shape index (κ1) is 16.3. The maximum Gasteiger partial charge on any atom is 0.407 e. The minimum atomic E-state index is -0.312. The van der Waals surface area contributed by atoms with E-state index in [4.69, 9.17) is 4.74 Å². The van der Waals surface area contributed by atoms with Gasteiger partial charge in [-0.05, 0) is 24.9 Å². The summed E-state index contributed by atoms with van der Waals surface area (Å²) >= 11 is 0. The molecule has 1 unspecified atom stereocenters. The molecule has 2 aliphatic rings. The van der Waals surface area contributed by atoms with Gasteiger partial charge in [0.1, 0.15) is 6.61 Å². The van der Waals surface area contributed by atoms with Crippen molar-refractivity contribution in [2.75, 3.05) is 32.7 Å². The molecule has 1 N–H and O–H groups in total. The third-order valence-corrected chi connectivity index (χ3v) is 4.68. The Labute approximate surface area is 138 Å². The summed E-state index contributed by atoms with van der Waals surface area (Å²) in [5.41, 5.74) is 1.01. The molecule has 1 aromatic carbocycles. The van der Waals surface area contributed by atoms with E-state index in [1.54, 1.807) is 0 Å². The van der Waals surface area contributed by atoms with Crippen LogP contribution in [0.2, 0.25) is 0 Å². The van der Waals surface area contributed by atoms with Crippen LogP contribution in [0, 0.1) is 0 Å². The highest BCUT2D eigenvalue weighted by molar-refractivity contribution is 5.67. The molecular weight excluding hydrogens is 290 g/mol. The lowest BCUT2D eigenvalue weighted by molar-refractivity contribution is 0.131. The fourth-order valence-corrected chi connectivity index (χ4v) is 3.19. The van der Waals surface area contributed by atoms with Gasteiger partial charge in [-0.3, -0.25) is 4.90 Å². The Morgan fingerprint density at radius 2 is 2.00 bits per heavy atom. The first-order valence-corrected chi connectivity index (χ1v) is 8.68. The van der Waals surface area contributed by atoms with Crippen molar-refractivity contribution in [3.05, 3.63) is 35.9 Å². The zero-order valence-electron chi connectivity index (χ0n) is 13.9. The molecule has 1 saturated carbocycles. The van der Waals surface area contributed by atoms with Gasteiger partial charge in [-0.2, -0.15) is 0 Å². The van der Waals surface area contributed by atoms with Crippen molar-refractivity contribution in [1.29, 1.82) is 0 Å². The van der Waals surface area contributed by atoms with Gasteiger partial charge in [0.2, 0.25) is 0 Å². The number of carbonyl (C=O) groups is 1. The Hall–Kier alpha value is -1.59. The van der Waals surface area contributed by atoms with Crippen LogP contribution in [-0.2, 0) is 11.3 Å². The molecule has 3 rings (SSSR count). The Morgan fingerprint density at radius 1 is 1.22 bits per heavy atom. The van der Waals surface area contributed by atoms with Crippen molar-refractivity contribution in [2.24, 2.45) is 0 Å². The Morgan fingerprint density at radius 3 is 2.70 bits per heavy atom. The van der Waals surface area contributed by atoms with Gasteiger partial charge >= 0.3 is 6.09 Å². The minimum absolute atomic E-state index is 0.140. The SMILES string of the molecule is CCN1CCN(C2CC2)CC(NC(=O)OCc2ccccc2)C1. The molecule has 0 aromatic heterocycles. The van der Waals surface area contributed by atoms with Crippen LogP contribution in [-0.4, -0.2) is 60.7 Å². The first-order chi connectivity index (χ1) is 11.2. The summed E-state index contributed by atoms with van der Waals surface area (Å²) in [6, 6.07) is 10.7. The van der Waals surface area contributed by atoms with Crippen molar-refractivity contribution in [3.63, 3.8) is 0 Å². The second-order valence-corrected chi connectivity index (χ2v) is 6.52. The molecular formula is C18H27N3O2. The van der Waals surface area contributed by atoms with E-state index in [2.05, 4.69) is 22.0 Å². The molecule has 1 aromatic rings. The minimum Gasteiger partial charge on any atom is -0.445 e. The molecule has 1 amide bonds. The Kier molecular flexibility index (Phi) is 5.51. The van der Waals surface area contributed by atoms with Crippen molar-refractivity contribution in [1.82, 2.24) is 15.1 Å². The number of nitrogens with one attached hydrogen (secondary N) is 1. The summed E-state index contributed by atoms with van der Waals surface area (Å²) in [7, 11) is 0. The van der Waals surface area contributed by atoms with E-state index in [1.807, 2.05) is 30.3 Å². The lowest BCUT2D eigenvalue weighted by atomic mass is 10.2. The molecule has 23 heavy (non-hydrogen) atoms. The average molecular weight is 317 g/mol. The number of benzene rings is 1. The van der Waals surface area contributed by atoms with E-state index in [0.717, 1.165) is 44.3 Å². The van der Waals surface area contributed by atoms with Crippen LogP contribution in [0.4, 0.5) is 4.79 Å². The van der Waals surface area contributed by atoms with Crippen LogP contribution in [0.3, 0.4) is 0 Å². The third-order valence-electron chi connectivity index (χ3n) is 4.68. The molecule has 0 bridgehead atoms. The second-order valence-electron chi connectivity index (χ2n) is 6.52. The van der Waals surface area contributed by atoms with Crippen molar-refractivity contribution in [2.45, 2.75) is 38.5 Å². The number of carbonyl (C=O) groups excluding carboxylic acids is 1. The molecule has 1 aliphatic heterocycles. The van der Waals surface area contributed by atoms with Crippen molar-refractivity contribution in [3.8, 4) is 0 Å². The molecule has 1 saturated heterocycles. The quantitative estimate of drug-likeness (QED) is 0.903. The van der Waals surface area contributed by atoms with E-state index in [0.29, 0.717) is 6.61 Å². The zero-order valence-corrected chi connectivity index (χ0v) is 13.9. The molecule has 1 heterocycles. The summed E-state index contributed by atoms with van der Waals surface area (Å²) in [5.74, 6) is 0. The molecule has 1 atom stereocenters. The largest absolute Gasteiger partial charge is 0.445 e. The standard InChI is InChI=1S/C18H27N3O2/c1-2-20-10-11-21(17-8-9-17)13-16(12-20)19-18(22)23-14-15-6-4-3-5-7-15/h3-7,16-17H,2,8-14H2,1H3,(H,19,22). The van der Waals surface area contributed by atoms with E-state index in [-0.39, 0.29) is 12.1 Å². The summed E-state index contributed by atoms with van der Waals surface area (Å²) in [4.78, 5) is 17.0. The van der Waals surface area contributed by atoms with Crippen molar-refractivity contribution < 1.29 is 9.53 Å². The predicted molar refractivity (Wildman–Crippen MR) is 90.3 cm³/mol. The van der Waals surface area contributed by atoms with Crippen LogP contribution in [0.25, 0.3) is 0 Å². The van der Waals surface area contributed by atoms with Crippen molar-refractivity contribution >= 4 is 6.09 Å². The topological polar surface area (TPSA) is 44.8 Å². The number of rotatable bonds is 5.